The van der Waals surface area contributed by atoms with Crippen LogP contribution in [0.5, 0.6) is 0 Å². The molecule has 1 unspecified atom stereocenters. The molecule has 0 amide bonds. The Morgan fingerprint density at radius 2 is 1.93 bits per heavy atom. The second-order valence-corrected chi connectivity index (χ2v) is 5.02. The van der Waals surface area contributed by atoms with E-state index in [0.717, 1.165) is 25.2 Å². The monoisotopic (exact) mass is 212 g/mol. The third kappa shape index (κ3) is 3.16. The molecule has 0 aromatic carbocycles. The second-order valence-electron chi connectivity index (χ2n) is 5.02. The minimum Gasteiger partial charge on any atom is -0.381 e. The van der Waals surface area contributed by atoms with Crippen molar-refractivity contribution < 1.29 is 4.74 Å². The first-order valence-electron chi connectivity index (χ1n) is 6.26. The summed E-state index contributed by atoms with van der Waals surface area (Å²) in [6, 6.07) is 1.45. The van der Waals surface area contributed by atoms with Crippen molar-refractivity contribution in [1.29, 1.82) is 0 Å². The van der Waals surface area contributed by atoms with Crippen LogP contribution in [-0.4, -0.2) is 50.8 Å². The maximum atomic E-state index is 5.40. The summed E-state index contributed by atoms with van der Waals surface area (Å²) in [5.74, 6) is 0.942. The van der Waals surface area contributed by atoms with E-state index in [1.165, 1.54) is 32.2 Å². The van der Waals surface area contributed by atoms with Crippen molar-refractivity contribution in [2.45, 2.75) is 37.8 Å². The minimum atomic E-state index is 0.706. The fourth-order valence-electron chi connectivity index (χ4n) is 2.56. The predicted molar refractivity (Wildman–Crippen MR) is 62.0 cm³/mol. The van der Waals surface area contributed by atoms with Crippen LogP contribution < -0.4 is 5.32 Å². The summed E-state index contributed by atoms with van der Waals surface area (Å²) in [6.45, 7) is 3.09. The highest BCUT2D eigenvalue weighted by Crippen LogP contribution is 2.33. The van der Waals surface area contributed by atoms with Crippen LogP contribution in [0.25, 0.3) is 0 Å². The highest BCUT2D eigenvalue weighted by molar-refractivity contribution is 4.88. The molecule has 0 spiro atoms. The molecule has 88 valence electrons. The second kappa shape index (κ2) is 5.28. The molecule has 3 heteroatoms. The summed E-state index contributed by atoms with van der Waals surface area (Å²) in [5.41, 5.74) is 0. The summed E-state index contributed by atoms with van der Waals surface area (Å²) in [6.07, 6.45) is 5.26. The number of nitrogens with one attached hydrogen (secondary N) is 1. The lowest BCUT2D eigenvalue weighted by Crippen LogP contribution is -2.45. The van der Waals surface area contributed by atoms with Gasteiger partial charge in [-0.25, -0.2) is 0 Å². The minimum absolute atomic E-state index is 0.706. The van der Waals surface area contributed by atoms with Gasteiger partial charge in [-0.3, -0.25) is 0 Å². The molecule has 3 nitrogen and oxygen atoms in total. The fourth-order valence-corrected chi connectivity index (χ4v) is 2.56. The van der Waals surface area contributed by atoms with Gasteiger partial charge in [-0.1, -0.05) is 0 Å². The van der Waals surface area contributed by atoms with E-state index in [9.17, 15) is 0 Å². The predicted octanol–water partition coefficient (Wildman–Crippen LogP) is 1.10. The van der Waals surface area contributed by atoms with Crippen LogP contribution in [0.1, 0.15) is 25.7 Å². The maximum absolute atomic E-state index is 5.40. The number of hydrogen-bond acceptors (Lipinski definition) is 3. The van der Waals surface area contributed by atoms with Crippen LogP contribution in [0.4, 0.5) is 0 Å². The Morgan fingerprint density at radius 3 is 2.47 bits per heavy atom. The first-order chi connectivity index (χ1) is 7.31. The summed E-state index contributed by atoms with van der Waals surface area (Å²) >= 11 is 0. The molecule has 1 aliphatic heterocycles. The standard InChI is InChI=1S/C12H24N2O/c1-13-12(10-3-4-10)9-14(2)11-5-7-15-8-6-11/h10-13H,3-9H2,1-2H3. The first kappa shape index (κ1) is 11.4. The highest BCUT2D eigenvalue weighted by atomic mass is 16.5. The molecule has 0 aromatic rings. The highest BCUT2D eigenvalue weighted by Gasteiger charge is 2.32. The SMILES string of the molecule is CNC(CN(C)C1CCOCC1)C1CC1. The Hall–Kier alpha value is -0.120. The topological polar surface area (TPSA) is 24.5 Å². The smallest absolute Gasteiger partial charge is 0.0480 e. The van der Waals surface area contributed by atoms with Crippen LogP contribution in [0.3, 0.4) is 0 Å². The van der Waals surface area contributed by atoms with Crippen molar-refractivity contribution >= 4 is 0 Å². The van der Waals surface area contributed by atoms with Crippen LogP contribution in [-0.2, 0) is 4.74 Å². The average molecular weight is 212 g/mol. The van der Waals surface area contributed by atoms with Gasteiger partial charge in [0.25, 0.3) is 0 Å². The van der Waals surface area contributed by atoms with Gasteiger partial charge in [-0.2, -0.15) is 0 Å². The molecule has 0 aromatic heterocycles. The molecule has 1 heterocycles. The molecule has 2 aliphatic rings. The molecule has 2 rings (SSSR count). The van der Waals surface area contributed by atoms with Gasteiger partial charge in [0.05, 0.1) is 0 Å². The number of rotatable bonds is 5. The van der Waals surface area contributed by atoms with E-state index in [2.05, 4.69) is 24.3 Å². The Kier molecular flexibility index (Phi) is 4.00. The molecule has 1 aliphatic carbocycles. The molecular formula is C12H24N2O. The van der Waals surface area contributed by atoms with Gasteiger partial charge in [0.15, 0.2) is 0 Å². The normalized spacial score (nSPS) is 25.8. The molecule has 1 atom stereocenters. The number of likely N-dealkylation sites (N-methyl/N-ethyl adjacent to an activating group) is 2. The molecule has 15 heavy (non-hydrogen) atoms. The van der Waals surface area contributed by atoms with E-state index < -0.39 is 0 Å². The summed E-state index contributed by atoms with van der Waals surface area (Å²) < 4.78 is 5.40. The van der Waals surface area contributed by atoms with Crippen molar-refractivity contribution in [1.82, 2.24) is 10.2 Å². The van der Waals surface area contributed by atoms with E-state index in [0.29, 0.717) is 6.04 Å². The third-order valence-electron chi connectivity index (χ3n) is 3.86. The number of hydrogen-bond donors (Lipinski definition) is 1. The van der Waals surface area contributed by atoms with E-state index in [1.807, 2.05) is 0 Å². The molecule has 1 N–H and O–H groups in total. The number of ether oxygens (including phenoxy) is 1. The summed E-state index contributed by atoms with van der Waals surface area (Å²) in [7, 11) is 4.36. The van der Waals surface area contributed by atoms with Gasteiger partial charge in [-0.15, -0.1) is 0 Å². The van der Waals surface area contributed by atoms with E-state index in [-0.39, 0.29) is 0 Å². The Bertz CT molecular complexity index is 188. The van der Waals surface area contributed by atoms with Crippen molar-refractivity contribution in [2.24, 2.45) is 5.92 Å². The van der Waals surface area contributed by atoms with E-state index in [1.54, 1.807) is 0 Å². The van der Waals surface area contributed by atoms with Crippen LogP contribution in [0, 0.1) is 5.92 Å². The van der Waals surface area contributed by atoms with Gasteiger partial charge in [0, 0.05) is 31.8 Å². The Balaban J connectivity index is 1.75. The average Bonchev–Trinajstić information content (AvgIpc) is 3.10. The molecular weight excluding hydrogens is 188 g/mol. The van der Waals surface area contributed by atoms with Crippen LogP contribution >= 0.6 is 0 Å². The largest absolute Gasteiger partial charge is 0.381 e. The first-order valence-corrected chi connectivity index (χ1v) is 6.26. The lowest BCUT2D eigenvalue weighted by molar-refractivity contribution is 0.0397. The van der Waals surface area contributed by atoms with Crippen molar-refractivity contribution in [3.05, 3.63) is 0 Å². The van der Waals surface area contributed by atoms with Gasteiger partial charge in [0.2, 0.25) is 0 Å². The lowest BCUT2D eigenvalue weighted by Gasteiger charge is -2.33. The van der Waals surface area contributed by atoms with Gasteiger partial charge < -0.3 is 15.0 Å². The molecule has 0 radical (unpaired) electrons. The van der Waals surface area contributed by atoms with E-state index in [4.69, 9.17) is 4.74 Å². The third-order valence-corrected chi connectivity index (χ3v) is 3.86. The van der Waals surface area contributed by atoms with E-state index >= 15 is 0 Å². The lowest BCUT2D eigenvalue weighted by atomic mass is 10.1. The quantitative estimate of drug-likeness (QED) is 0.738. The van der Waals surface area contributed by atoms with Crippen LogP contribution in [0.15, 0.2) is 0 Å². The molecule has 1 saturated carbocycles. The molecule has 0 bridgehead atoms. The molecule has 1 saturated heterocycles. The summed E-state index contributed by atoms with van der Waals surface area (Å²) in [4.78, 5) is 2.53. The van der Waals surface area contributed by atoms with Gasteiger partial charge >= 0.3 is 0 Å². The zero-order valence-electron chi connectivity index (χ0n) is 10.0. The Morgan fingerprint density at radius 1 is 1.27 bits per heavy atom. The Labute approximate surface area is 93.2 Å². The van der Waals surface area contributed by atoms with Crippen molar-refractivity contribution in [3.8, 4) is 0 Å². The number of nitrogens with zero attached hydrogens (tertiary/aromatic N) is 1. The molecule has 2 fully saturated rings. The van der Waals surface area contributed by atoms with Gasteiger partial charge in [0.1, 0.15) is 0 Å². The van der Waals surface area contributed by atoms with Gasteiger partial charge in [-0.05, 0) is 45.7 Å². The maximum Gasteiger partial charge on any atom is 0.0480 e. The zero-order chi connectivity index (χ0) is 10.7. The van der Waals surface area contributed by atoms with Crippen LogP contribution in [0.2, 0.25) is 0 Å². The van der Waals surface area contributed by atoms with Crippen molar-refractivity contribution in [3.63, 3.8) is 0 Å². The fraction of sp³-hybridized carbons (Fsp3) is 1.00. The summed E-state index contributed by atoms with van der Waals surface area (Å²) in [5, 5.41) is 3.46. The van der Waals surface area contributed by atoms with Crippen molar-refractivity contribution in [2.75, 3.05) is 33.9 Å². The zero-order valence-corrected chi connectivity index (χ0v) is 10.0.